The summed E-state index contributed by atoms with van der Waals surface area (Å²) in [6, 6.07) is 16.2. The normalized spacial score (nSPS) is 18.0. The number of nitrogens with zero attached hydrogens (tertiary/aromatic N) is 1. The molecule has 2 saturated heterocycles. The van der Waals surface area contributed by atoms with Gasteiger partial charge in [-0.1, -0.05) is 36.4 Å². The van der Waals surface area contributed by atoms with Gasteiger partial charge < -0.3 is 15.0 Å². The summed E-state index contributed by atoms with van der Waals surface area (Å²) in [5.41, 5.74) is 3.49. The minimum absolute atomic E-state index is 0.0653. The second-order valence-corrected chi connectivity index (χ2v) is 9.43. The Morgan fingerprint density at radius 3 is 2.47 bits per heavy atom. The summed E-state index contributed by atoms with van der Waals surface area (Å²) in [6.07, 6.45) is 4.41. The Balaban J connectivity index is 1.66. The Morgan fingerprint density at radius 2 is 1.75 bits per heavy atom. The third kappa shape index (κ3) is 4.88. The molecule has 0 spiro atoms. The van der Waals surface area contributed by atoms with Gasteiger partial charge in [-0.25, -0.2) is 0 Å². The van der Waals surface area contributed by atoms with E-state index < -0.39 is 5.41 Å². The Bertz CT molecular complexity index is 957. The summed E-state index contributed by atoms with van der Waals surface area (Å²) in [7, 11) is 0. The lowest BCUT2D eigenvalue weighted by atomic mass is 9.73. The molecule has 170 valence electrons. The van der Waals surface area contributed by atoms with E-state index in [1.165, 1.54) is 0 Å². The van der Waals surface area contributed by atoms with Crippen molar-refractivity contribution in [3.05, 3.63) is 59.7 Å². The molecule has 0 atom stereocenters. The highest BCUT2D eigenvalue weighted by Gasteiger charge is 2.43. The van der Waals surface area contributed by atoms with Crippen LogP contribution in [0.1, 0.15) is 55.5 Å². The molecule has 0 bridgehead atoms. The first-order valence-corrected chi connectivity index (χ1v) is 11.8. The number of rotatable bonds is 6. The highest BCUT2D eigenvalue weighted by molar-refractivity contribution is 5.95. The van der Waals surface area contributed by atoms with Gasteiger partial charge >= 0.3 is 0 Å². The summed E-state index contributed by atoms with van der Waals surface area (Å²) in [6.45, 7) is 6.93. The van der Waals surface area contributed by atoms with Crippen LogP contribution in [0.3, 0.4) is 0 Å². The molecule has 0 radical (unpaired) electrons. The van der Waals surface area contributed by atoms with Crippen molar-refractivity contribution >= 4 is 11.8 Å². The second kappa shape index (κ2) is 9.86. The third-order valence-electron chi connectivity index (χ3n) is 6.70. The topological polar surface area (TPSA) is 58.6 Å². The van der Waals surface area contributed by atoms with Gasteiger partial charge in [-0.2, -0.15) is 0 Å². The molecule has 2 fully saturated rings. The number of hydrogen-bond donors (Lipinski definition) is 1. The standard InChI is InChI=1S/C27H34N2O3/c1-20(2)28-25(30)22-10-7-9-21(18-22)24-11-4-3-8-23(24)19-27(12-16-32-17-13-27)26(31)29-14-5-6-15-29/h3-4,7-11,18,20H,5-6,12-17,19H2,1-2H3,(H,28,30). The minimum atomic E-state index is -0.411. The molecule has 2 amide bonds. The van der Waals surface area contributed by atoms with E-state index in [1.807, 2.05) is 50.2 Å². The van der Waals surface area contributed by atoms with Gasteiger partial charge in [0.05, 0.1) is 5.41 Å². The van der Waals surface area contributed by atoms with Crippen LogP contribution in [0.5, 0.6) is 0 Å². The summed E-state index contributed by atoms with van der Waals surface area (Å²) in [5, 5.41) is 2.97. The van der Waals surface area contributed by atoms with Crippen LogP contribution in [0, 0.1) is 5.41 Å². The fourth-order valence-electron chi connectivity index (χ4n) is 4.98. The number of amides is 2. The van der Waals surface area contributed by atoms with Crippen LogP contribution < -0.4 is 5.32 Å². The van der Waals surface area contributed by atoms with Crippen LogP contribution >= 0.6 is 0 Å². The zero-order chi connectivity index (χ0) is 22.6. The van der Waals surface area contributed by atoms with E-state index in [-0.39, 0.29) is 17.9 Å². The average molecular weight is 435 g/mol. The van der Waals surface area contributed by atoms with E-state index in [4.69, 9.17) is 4.74 Å². The number of nitrogens with one attached hydrogen (secondary N) is 1. The van der Waals surface area contributed by atoms with E-state index in [1.54, 1.807) is 0 Å². The predicted molar refractivity (Wildman–Crippen MR) is 126 cm³/mol. The molecule has 2 aliphatic heterocycles. The van der Waals surface area contributed by atoms with Crippen LogP contribution in [0.4, 0.5) is 0 Å². The van der Waals surface area contributed by atoms with Gasteiger partial charge in [0.15, 0.2) is 0 Å². The van der Waals surface area contributed by atoms with Gasteiger partial charge in [0.1, 0.15) is 0 Å². The van der Waals surface area contributed by atoms with Gasteiger partial charge in [-0.3, -0.25) is 9.59 Å². The molecule has 5 nitrogen and oxygen atoms in total. The molecule has 2 heterocycles. The number of carbonyl (C=O) groups is 2. The molecule has 1 N–H and O–H groups in total. The van der Waals surface area contributed by atoms with Crippen molar-refractivity contribution < 1.29 is 14.3 Å². The van der Waals surface area contributed by atoms with Gasteiger partial charge in [0.25, 0.3) is 5.91 Å². The van der Waals surface area contributed by atoms with Crippen molar-refractivity contribution in [1.82, 2.24) is 10.2 Å². The highest BCUT2D eigenvalue weighted by Crippen LogP contribution is 2.39. The number of hydrogen-bond acceptors (Lipinski definition) is 3. The van der Waals surface area contributed by atoms with Gasteiger partial charge in [-0.15, -0.1) is 0 Å². The monoisotopic (exact) mass is 434 g/mol. The molecule has 0 aliphatic carbocycles. The van der Waals surface area contributed by atoms with E-state index in [0.29, 0.717) is 25.2 Å². The van der Waals surface area contributed by atoms with Crippen LogP contribution in [0.15, 0.2) is 48.5 Å². The molecular weight excluding hydrogens is 400 g/mol. The molecule has 32 heavy (non-hydrogen) atoms. The molecule has 2 aromatic rings. The Hall–Kier alpha value is -2.66. The Morgan fingerprint density at radius 1 is 1.03 bits per heavy atom. The number of benzene rings is 2. The molecule has 0 unspecified atom stereocenters. The largest absolute Gasteiger partial charge is 0.381 e. The predicted octanol–water partition coefficient (Wildman–Crippen LogP) is 4.45. The molecule has 2 aliphatic rings. The molecular formula is C27H34N2O3. The van der Waals surface area contributed by atoms with Crippen molar-refractivity contribution in [3.63, 3.8) is 0 Å². The van der Waals surface area contributed by atoms with Crippen LogP contribution in [0.2, 0.25) is 0 Å². The lowest BCUT2D eigenvalue weighted by Gasteiger charge is -2.39. The zero-order valence-corrected chi connectivity index (χ0v) is 19.2. The first kappa shape index (κ1) is 22.5. The fourth-order valence-corrected chi connectivity index (χ4v) is 4.98. The quantitative estimate of drug-likeness (QED) is 0.731. The first-order chi connectivity index (χ1) is 15.5. The van der Waals surface area contributed by atoms with E-state index in [0.717, 1.165) is 55.5 Å². The fraction of sp³-hybridized carbons (Fsp3) is 0.481. The second-order valence-electron chi connectivity index (χ2n) is 9.43. The van der Waals surface area contributed by atoms with Gasteiger partial charge in [-0.05, 0) is 74.8 Å². The highest BCUT2D eigenvalue weighted by atomic mass is 16.5. The smallest absolute Gasteiger partial charge is 0.251 e. The van der Waals surface area contributed by atoms with E-state index >= 15 is 0 Å². The Labute approximate surface area is 191 Å². The molecule has 4 rings (SSSR count). The third-order valence-corrected chi connectivity index (χ3v) is 6.70. The molecule has 5 heteroatoms. The molecule has 0 aromatic heterocycles. The number of carbonyl (C=O) groups excluding carboxylic acids is 2. The lowest BCUT2D eigenvalue weighted by molar-refractivity contribution is -0.146. The average Bonchev–Trinajstić information content (AvgIpc) is 3.34. The summed E-state index contributed by atoms with van der Waals surface area (Å²) < 4.78 is 5.65. The van der Waals surface area contributed by atoms with Gasteiger partial charge in [0.2, 0.25) is 5.91 Å². The SMILES string of the molecule is CC(C)NC(=O)c1cccc(-c2ccccc2CC2(C(=O)N3CCCC3)CCOCC2)c1. The van der Waals surface area contributed by atoms with Crippen LogP contribution in [-0.2, 0) is 16.0 Å². The maximum Gasteiger partial charge on any atom is 0.251 e. The summed E-state index contributed by atoms with van der Waals surface area (Å²) >= 11 is 0. The lowest BCUT2D eigenvalue weighted by Crippen LogP contribution is -2.47. The molecule has 0 saturated carbocycles. The van der Waals surface area contributed by atoms with Crippen LogP contribution in [0.25, 0.3) is 11.1 Å². The van der Waals surface area contributed by atoms with Crippen molar-refractivity contribution in [1.29, 1.82) is 0 Å². The zero-order valence-electron chi connectivity index (χ0n) is 19.2. The first-order valence-electron chi connectivity index (χ1n) is 11.8. The summed E-state index contributed by atoms with van der Waals surface area (Å²) in [4.78, 5) is 28.3. The minimum Gasteiger partial charge on any atom is -0.381 e. The summed E-state index contributed by atoms with van der Waals surface area (Å²) in [5.74, 6) is 0.225. The van der Waals surface area contributed by atoms with Crippen LogP contribution in [-0.4, -0.2) is 49.1 Å². The van der Waals surface area contributed by atoms with E-state index in [9.17, 15) is 9.59 Å². The maximum absolute atomic E-state index is 13.6. The molecule has 2 aromatic carbocycles. The van der Waals surface area contributed by atoms with Crippen molar-refractivity contribution in [2.24, 2.45) is 5.41 Å². The Kier molecular flexibility index (Phi) is 6.95. The van der Waals surface area contributed by atoms with Crippen molar-refractivity contribution in [3.8, 4) is 11.1 Å². The maximum atomic E-state index is 13.6. The van der Waals surface area contributed by atoms with E-state index in [2.05, 4.69) is 22.3 Å². The number of likely N-dealkylation sites (tertiary alicyclic amines) is 1. The van der Waals surface area contributed by atoms with Crippen molar-refractivity contribution in [2.45, 2.75) is 52.0 Å². The van der Waals surface area contributed by atoms with Crippen molar-refractivity contribution in [2.75, 3.05) is 26.3 Å². The number of ether oxygens (including phenoxy) is 1. The van der Waals surface area contributed by atoms with Gasteiger partial charge in [0, 0.05) is 37.9 Å².